The van der Waals surface area contributed by atoms with E-state index < -0.39 is 11.7 Å². The average molecular weight is 459 g/mol. The van der Waals surface area contributed by atoms with Crippen LogP contribution in [-0.2, 0) is 12.7 Å². The summed E-state index contributed by atoms with van der Waals surface area (Å²) in [6, 6.07) is 13.7. The van der Waals surface area contributed by atoms with E-state index in [9.17, 15) is 13.2 Å². The van der Waals surface area contributed by atoms with Crippen molar-refractivity contribution in [2.24, 2.45) is 0 Å². The van der Waals surface area contributed by atoms with Crippen LogP contribution in [0, 0.1) is 0 Å². The highest BCUT2D eigenvalue weighted by molar-refractivity contribution is 7.18. The molecule has 0 bridgehead atoms. The third-order valence-corrected chi connectivity index (χ3v) is 6.29. The second-order valence-electron chi connectivity index (χ2n) is 7.72. The zero-order valence-corrected chi connectivity index (χ0v) is 18.6. The maximum Gasteiger partial charge on any atom is 0.416 e. The minimum absolute atomic E-state index is 0.341. The summed E-state index contributed by atoms with van der Waals surface area (Å²) in [6.07, 6.45) is -0.850. The Bertz CT molecular complexity index is 1160. The molecule has 0 radical (unpaired) electrons. The van der Waals surface area contributed by atoms with Crippen LogP contribution in [0.25, 0.3) is 21.1 Å². The summed E-state index contributed by atoms with van der Waals surface area (Å²) in [6.45, 7) is 5.63. The zero-order chi connectivity index (χ0) is 22.6. The van der Waals surface area contributed by atoms with E-state index >= 15 is 0 Å². The standard InChI is InChI=1S/C24H25F3N4S/c1-2-13-31(16-23-30-20-6-3-4-7-22(20)32-23)14-5-11-28-19-10-12-29-21-15-17(24(25,26)27)8-9-18(19)21/h3-4,6-10,12,15H,2,5,11,13-14,16H2,1H3,(H,28,29). The Kier molecular flexibility index (Phi) is 6.91. The predicted octanol–water partition coefficient (Wildman–Crippen LogP) is 6.58. The predicted molar refractivity (Wildman–Crippen MR) is 125 cm³/mol. The van der Waals surface area contributed by atoms with Crippen molar-refractivity contribution < 1.29 is 13.2 Å². The van der Waals surface area contributed by atoms with Gasteiger partial charge in [0.15, 0.2) is 0 Å². The van der Waals surface area contributed by atoms with Crippen molar-refractivity contribution in [3.63, 3.8) is 0 Å². The van der Waals surface area contributed by atoms with Gasteiger partial charge in [-0.3, -0.25) is 9.88 Å². The van der Waals surface area contributed by atoms with E-state index in [1.165, 1.54) is 10.8 Å². The Hall–Kier alpha value is -2.71. The fourth-order valence-corrected chi connectivity index (χ4v) is 4.78. The zero-order valence-electron chi connectivity index (χ0n) is 17.8. The van der Waals surface area contributed by atoms with Gasteiger partial charge in [-0.25, -0.2) is 4.98 Å². The van der Waals surface area contributed by atoms with Crippen molar-refractivity contribution in [1.82, 2.24) is 14.9 Å². The molecule has 0 atom stereocenters. The van der Waals surface area contributed by atoms with Crippen molar-refractivity contribution >= 4 is 38.1 Å². The fourth-order valence-electron chi connectivity index (χ4n) is 3.77. The van der Waals surface area contributed by atoms with Gasteiger partial charge < -0.3 is 5.32 Å². The number of nitrogens with zero attached hydrogens (tertiary/aromatic N) is 3. The number of hydrogen-bond acceptors (Lipinski definition) is 5. The lowest BCUT2D eigenvalue weighted by Crippen LogP contribution is -2.26. The molecule has 4 nitrogen and oxygen atoms in total. The van der Waals surface area contributed by atoms with Gasteiger partial charge >= 0.3 is 6.18 Å². The summed E-state index contributed by atoms with van der Waals surface area (Å²) in [7, 11) is 0. The Labute approximate surface area is 189 Å². The Balaban J connectivity index is 1.36. The minimum Gasteiger partial charge on any atom is -0.384 e. The monoisotopic (exact) mass is 458 g/mol. The van der Waals surface area contributed by atoms with Crippen LogP contribution in [0.3, 0.4) is 0 Å². The third-order valence-electron chi connectivity index (χ3n) is 5.27. The highest BCUT2D eigenvalue weighted by Crippen LogP contribution is 2.32. The lowest BCUT2D eigenvalue weighted by atomic mass is 10.1. The van der Waals surface area contributed by atoms with Crippen LogP contribution in [-0.4, -0.2) is 34.5 Å². The number of thiazole rings is 1. The van der Waals surface area contributed by atoms with Crippen molar-refractivity contribution in [2.75, 3.05) is 25.0 Å². The van der Waals surface area contributed by atoms with Gasteiger partial charge in [0.25, 0.3) is 0 Å². The van der Waals surface area contributed by atoms with Crippen LogP contribution in [0.15, 0.2) is 54.7 Å². The molecule has 4 rings (SSSR count). The number of fused-ring (bicyclic) bond motifs is 2. The lowest BCUT2D eigenvalue weighted by molar-refractivity contribution is -0.137. The molecule has 32 heavy (non-hydrogen) atoms. The molecular weight excluding hydrogens is 433 g/mol. The van der Waals surface area contributed by atoms with E-state index in [4.69, 9.17) is 4.98 Å². The number of nitrogens with one attached hydrogen (secondary N) is 1. The van der Waals surface area contributed by atoms with Crippen molar-refractivity contribution in [1.29, 1.82) is 0 Å². The summed E-state index contributed by atoms with van der Waals surface area (Å²) in [5.74, 6) is 0. The lowest BCUT2D eigenvalue weighted by Gasteiger charge is -2.20. The maximum absolute atomic E-state index is 13.0. The molecule has 1 N–H and O–H groups in total. The molecule has 0 aliphatic heterocycles. The average Bonchev–Trinajstić information content (AvgIpc) is 3.18. The smallest absolute Gasteiger partial charge is 0.384 e. The number of pyridine rings is 1. The van der Waals surface area contributed by atoms with Gasteiger partial charge in [0.1, 0.15) is 5.01 Å². The summed E-state index contributed by atoms with van der Waals surface area (Å²) >= 11 is 1.74. The summed E-state index contributed by atoms with van der Waals surface area (Å²) in [5.41, 5.74) is 1.51. The normalized spacial score (nSPS) is 12.2. The summed E-state index contributed by atoms with van der Waals surface area (Å²) in [5, 5.41) is 5.18. The van der Waals surface area contributed by atoms with Crippen LogP contribution in [0.1, 0.15) is 30.3 Å². The molecule has 0 saturated heterocycles. The van der Waals surface area contributed by atoms with Crippen LogP contribution in [0.2, 0.25) is 0 Å². The molecule has 4 aromatic rings. The first-order chi connectivity index (χ1) is 15.4. The molecule has 0 fully saturated rings. The number of para-hydroxylation sites is 1. The molecule has 2 aromatic carbocycles. The van der Waals surface area contributed by atoms with Gasteiger partial charge in [0, 0.05) is 30.4 Å². The van der Waals surface area contributed by atoms with E-state index in [0.29, 0.717) is 10.9 Å². The second kappa shape index (κ2) is 9.83. The van der Waals surface area contributed by atoms with E-state index in [2.05, 4.69) is 28.2 Å². The molecule has 0 aliphatic rings. The number of alkyl halides is 3. The number of aromatic nitrogens is 2. The van der Waals surface area contributed by atoms with E-state index in [1.54, 1.807) is 23.6 Å². The van der Waals surface area contributed by atoms with E-state index in [1.807, 2.05) is 18.2 Å². The van der Waals surface area contributed by atoms with Crippen LogP contribution < -0.4 is 5.32 Å². The largest absolute Gasteiger partial charge is 0.416 e. The number of anilines is 1. The minimum atomic E-state index is -4.37. The molecule has 0 unspecified atom stereocenters. The number of benzene rings is 2. The van der Waals surface area contributed by atoms with Crippen molar-refractivity contribution in [3.05, 3.63) is 65.3 Å². The maximum atomic E-state index is 13.0. The van der Waals surface area contributed by atoms with Gasteiger partial charge in [0.05, 0.1) is 27.8 Å². The Morgan fingerprint density at radius 3 is 2.66 bits per heavy atom. The summed E-state index contributed by atoms with van der Waals surface area (Å²) in [4.78, 5) is 11.3. The molecule has 168 valence electrons. The molecule has 2 aromatic heterocycles. The number of hydrogen-bond donors (Lipinski definition) is 1. The number of rotatable bonds is 9. The van der Waals surface area contributed by atoms with E-state index in [-0.39, 0.29) is 0 Å². The first-order valence-corrected chi connectivity index (χ1v) is 11.5. The van der Waals surface area contributed by atoms with Crippen LogP contribution >= 0.6 is 11.3 Å². The first kappa shape index (κ1) is 22.5. The molecule has 0 saturated carbocycles. The van der Waals surface area contributed by atoms with Gasteiger partial charge in [-0.2, -0.15) is 13.2 Å². The highest BCUT2D eigenvalue weighted by Gasteiger charge is 2.30. The van der Waals surface area contributed by atoms with Gasteiger partial charge in [0.2, 0.25) is 0 Å². The highest BCUT2D eigenvalue weighted by atomic mass is 32.1. The molecule has 2 heterocycles. The summed E-state index contributed by atoms with van der Waals surface area (Å²) < 4.78 is 40.1. The Morgan fingerprint density at radius 1 is 1.03 bits per heavy atom. The van der Waals surface area contributed by atoms with Gasteiger partial charge in [-0.15, -0.1) is 11.3 Å². The van der Waals surface area contributed by atoms with Gasteiger partial charge in [-0.05, 0) is 49.7 Å². The second-order valence-corrected chi connectivity index (χ2v) is 8.84. The topological polar surface area (TPSA) is 41.0 Å². The number of halogens is 3. The first-order valence-electron chi connectivity index (χ1n) is 10.7. The molecule has 0 aliphatic carbocycles. The fraction of sp³-hybridized carbons (Fsp3) is 0.333. The molecular formula is C24H25F3N4S. The van der Waals surface area contributed by atoms with Crippen LogP contribution in [0.5, 0.6) is 0 Å². The molecule has 0 spiro atoms. The van der Waals surface area contributed by atoms with Gasteiger partial charge in [-0.1, -0.05) is 25.1 Å². The third kappa shape index (κ3) is 5.37. The quantitative estimate of drug-likeness (QED) is 0.288. The van der Waals surface area contributed by atoms with Crippen molar-refractivity contribution in [3.8, 4) is 0 Å². The SMILES string of the molecule is CCCN(CCCNc1ccnc2cc(C(F)(F)F)ccc12)Cc1nc2ccccc2s1. The molecule has 0 amide bonds. The van der Waals surface area contributed by atoms with E-state index in [0.717, 1.165) is 67.4 Å². The molecule has 8 heteroatoms. The Morgan fingerprint density at radius 2 is 1.88 bits per heavy atom. The van der Waals surface area contributed by atoms with Crippen LogP contribution in [0.4, 0.5) is 18.9 Å². The van der Waals surface area contributed by atoms with Crippen molar-refractivity contribution in [2.45, 2.75) is 32.5 Å².